The number of rotatable bonds is 4. The lowest BCUT2D eigenvalue weighted by Crippen LogP contribution is -2.38. The van der Waals surface area contributed by atoms with Crippen molar-refractivity contribution in [3.63, 3.8) is 0 Å². The number of pyridine rings is 1. The highest BCUT2D eigenvalue weighted by molar-refractivity contribution is 5.81. The number of hydrogen-bond donors (Lipinski definition) is 0. The summed E-state index contributed by atoms with van der Waals surface area (Å²) in [5.74, 6) is -0.148. The highest BCUT2D eigenvalue weighted by atomic mass is 19.4. The third-order valence-corrected chi connectivity index (χ3v) is 5.32. The molecule has 7 nitrogen and oxygen atoms in total. The van der Waals surface area contributed by atoms with Crippen LogP contribution in [0.3, 0.4) is 0 Å². The van der Waals surface area contributed by atoms with E-state index >= 15 is 0 Å². The third kappa shape index (κ3) is 3.96. The predicted molar refractivity (Wildman–Crippen MR) is 96.9 cm³/mol. The molecule has 1 aliphatic rings. The monoisotopic (exact) mass is 407 g/mol. The smallest absolute Gasteiger partial charge is 0.343 e. The Kier molecular flexibility index (Phi) is 5.01. The zero-order valence-electron chi connectivity index (χ0n) is 15.8. The molecule has 0 spiro atoms. The SMILES string of the molecule is Cc1noc2nc(C3CCN(C(=O)CCn4cccn4)CC3)cc(C(F)(F)F)c12. The summed E-state index contributed by atoms with van der Waals surface area (Å²) in [6.45, 7) is 2.94. The van der Waals surface area contributed by atoms with E-state index in [-0.39, 0.29) is 28.6 Å². The van der Waals surface area contributed by atoms with Crippen molar-refractivity contribution in [3.8, 4) is 0 Å². The normalized spacial score (nSPS) is 15.9. The van der Waals surface area contributed by atoms with Gasteiger partial charge in [-0.3, -0.25) is 9.48 Å². The topological polar surface area (TPSA) is 77.0 Å². The lowest BCUT2D eigenvalue weighted by molar-refractivity contribution is -0.136. The lowest BCUT2D eigenvalue weighted by Gasteiger charge is -2.32. The number of hydrogen-bond acceptors (Lipinski definition) is 5. The van der Waals surface area contributed by atoms with Crippen LogP contribution in [0, 0.1) is 6.92 Å². The lowest BCUT2D eigenvalue weighted by atomic mass is 9.91. The van der Waals surface area contributed by atoms with Crippen molar-refractivity contribution < 1.29 is 22.5 Å². The molecule has 0 unspecified atom stereocenters. The molecule has 1 saturated heterocycles. The van der Waals surface area contributed by atoms with Crippen LogP contribution in [-0.2, 0) is 17.5 Å². The fraction of sp³-hybridized carbons (Fsp3) is 0.474. The van der Waals surface area contributed by atoms with E-state index < -0.39 is 11.7 Å². The van der Waals surface area contributed by atoms with Gasteiger partial charge in [-0.25, -0.2) is 4.98 Å². The first-order chi connectivity index (χ1) is 13.8. The minimum Gasteiger partial charge on any atom is -0.343 e. The number of piperidine rings is 1. The molecule has 0 radical (unpaired) electrons. The van der Waals surface area contributed by atoms with Crippen LogP contribution in [-0.4, -0.2) is 43.8 Å². The Morgan fingerprint density at radius 2 is 2.07 bits per heavy atom. The van der Waals surface area contributed by atoms with Crippen LogP contribution in [0.1, 0.15) is 42.1 Å². The first kappa shape index (κ1) is 19.4. The molecule has 1 aliphatic heterocycles. The number of nitrogens with zero attached hydrogens (tertiary/aromatic N) is 5. The molecule has 29 heavy (non-hydrogen) atoms. The van der Waals surface area contributed by atoms with Crippen molar-refractivity contribution in [3.05, 3.63) is 41.5 Å². The molecule has 0 aliphatic carbocycles. The molecule has 0 atom stereocenters. The second kappa shape index (κ2) is 7.49. The largest absolute Gasteiger partial charge is 0.417 e. The van der Waals surface area contributed by atoms with Crippen molar-refractivity contribution in [2.24, 2.45) is 0 Å². The summed E-state index contributed by atoms with van der Waals surface area (Å²) in [7, 11) is 0. The number of carbonyl (C=O) groups is 1. The van der Waals surface area contributed by atoms with E-state index in [0.717, 1.165) is 6.07 Å². The van der Waals surface area contributed by atoms with Gasteiger partial charge in [0.1, 0.15) is 0 Å². The molecule has 0 aromatic carbocycles. The molecule has 4 rings (SSSR count). The third-order valence-electron chi connectivity index (χ3n) is 5.32. The fourth-order valence-electron chi connectivity index (χ4n) is 3.77. The molecule has 0 bridgehead atoms. The maximum absolute atomic E-state index is 13.5. The van der Waals surface area contributed by atoms with Crippen LogP contribution in [0.25, 0.3) is 11.1 Å². The summed E-state index contributed by atoms with van der Waals surface area (Å²) in [4.78, 5) is 18.4. The van der Waals surface area contributed by atoms with E-state index in [4.69, 9.17) is 4.52 Å². The molecular formula is C19H20F3N5O2. The van der Waals surface area contributed by atoms with E-state index in [1.54, 1.807) is 28.0 Å². The van der Waals surface area contributed by atoms with E-state index in [2.05, 4.69) is 15.2 Å². The van der Waals surface area contributed by atoms with Gasteiger partial charge in [0.15, 0.2) is 0 Å². The quantitative estimate of drug-likeness (QED) is 0.661. The molecule has 4 heterocycles. The Balaban J connectivity index is 1.45. The Morgan fingerprint density at radius 3 is 2.72 bits per heavy atom. The Morgan fingerprint density at radius 1 is 1.31 bits per heavy atom. The standard InChI is InChI=1S/C19H20F3N5O2/c1-12-17-14(19(20,21)22)11-15(24-18(17)29-25-12)13-3-8-26(9-4-13)16(28)5-10-27-7-2-6-23-27/h2,6-7,11,13H,3-5,8-10H2,1H3. The number of likely N-dealkylation sites (tertiary alicyclic amines) is 1. The second-order valence-corrected chi connectivity index (χ2v) is 7.21. The van der Waals surface area contributed by atoms with Crippen molar-refractivity contribution >= 4 is 17.0 Å². The maximum atomic E-state index is 13.5. The van der Waals surface area contributed by atoms with Crippen LogP contribution < -0.4 is 0 Å². The van der Waals surface area contributed by atoms with Gasteiger partial charge in [0.25, 0.3) is 5.71 Å². The zero-order chi connectivity index (χ0) is 20.6. The first-order valence-electron chi connectivity index (χ1n) is 9.42. The van der Waals surface area contributed by atoms with Crippen molar-refractivity contribution in [1.29, 1.82) is 0 Å². The Hall–Kier alpha value is -2.91. The molecule has 10 heteroatoms. The van der Waals surface area contributed by atoms with E-state index in [9.17, 15) is 18.0 Å². The van der Waals surface area contributed by atoms with Gasteiger partial charge in [-0.05, 0) is 31.9 Å². The van der Waals surface area contributed by atoms with Crippen LogP contribution in [0.15, 0.2) is 29.0 Å². The molecule has 1 fully saturated rings. The summed E-state index contributed by atoms with van der Waals surface area (Å²) < 4.78 is 47.3. The number of fused-ring (bicyclic) bond motifs is 1. The van der Waals surface area contributed by atoms with Gasteiger partial charge in [-0.15, -0.1) is 0 Å². The Labute approximate surface area is 164 Å². The van der Waals surface area contributed by atoms with Gasteiger partial charge in [0.05, 0.1) is 16.6 Å². The van der Waals surface area contributed by atoms with Crippen LogP contribution in [0.2, 0.25) is 0 Å². The van der Waals surface area contributed by atoms with E-state index in [1.165, 1.54) is 6.92 Å². The molecule has 3 aromatic rings. The summed E-state index contributed by atoms with van der Waals surface area (Å²) in [6, 6.07) is 2.90. The van der Waals surface area contributed by atoms with Gasteiger partial charge in [-0.2, -0.15) is 18.3 Å². The summed E-state index contributed by atoms with van der Waals surface area (Å²) >= 11 is 0. The van der Waals surface area contributed by atoms with Crippen LogP contribution in [0.4, 0.5) is 13.2 Å². The zero-order valence-corrected chi connectivity index (χ0v) is 15.8. The number of carbonyl (C=O) groups excluding carboxylic acids is 1. The van der Waals surface area contributed by atoms with Gasteiger partial charge in [0, 0.05) is 50.1 Å². The highest BCUT2D eigenvalue weighted by Crippen LogP contribution is 2.38. The fourth-order valence-corrected chi connectivity index (χ4v) is 3.77. The van der Waals surface area contributed by atoms with Gasteiger partial charge < -0.3 is 9.42 Å². The van der Waals surface area contributed by atoms with Crippen LogP contribution >= 0.6 is 0 Å². The van der Waals surface area contributed by atoms with Gasteiger partial charge in [0.2, 0.25) is 5.91 Å². The number of alkyl halides is 3. The molecular weight excluding hydrogens is 387 g/mol. The average Bonchev–Trinajstić information content (AvgIpc) is 3.35. The summed E-state index contributed by atoms with van der Waals surface area (Å²) in [5, 5.41) is 7.62. The van der Waals surface area contributed by atoms with Crippen molar-refractivity contribution in [2.45, 2.75) is 44.8 Å². The summed E-state index contributed by atoms with van der Waals surface area (Å²) in [6.07, 6.45) is 0.379. The predicted octanol–water partition coefficient (Wildman–Crippen LogP) is 3.54. The van der Waals surface area contributed by atoms with E-state index in [0.29, 0.717) is 44.6 Å². The van der Waals surface area contributed by atoms with Gasteiger partial charge >= 0.3 is 6.18 Å². The molecule has 154 valence electrons. The summed E-state index contributed by atoms with van der Waals surface area (Å²) in [5.41, 5.74) is -0.354. The number of aryl methyl sites for hydroxylation is 2. The minimum absolute atomic E-state index is 0.0178. The highest BCUT2D eigenvalue weighted by Gasteiger charge is 2.36. The first-order valence-corrected chi connectivity index (χ1v) is 9.42. The van der Waals surface area contributed by atoms with Crippen molar-refractivity contribution in [1.82, 2.24) is 24.8 Å². The van der Waals surface area contributed by atoms with Crippen LogP contribution in [0.5, 0.6) is 0 Å². The Bertz CT molecular complexity index is 1000. The number of halogens is 3. The average molecular weight is 407 g/mol. The maximum Gasteiger partial charge on any atom is 0.417 e. The minimum atomic E-state index is -4.52. The van der Waals surface area contributed by atoms with Crippen molar-refractivity contribution in [2.75, 3.05) is 13.1 Å². The molecule has 0 saturated carbocycles. The second-order valence-electron chi connectivity index (χ2n) is 7.21. The molecule has 0 N–H and O–H groups in total. The van der Waals surface area contributed by atoms with Gasteiger partial charge in [-0.1, -0.05) is 5.16 Å². The van der Waals surface area contributed by atoms with E-state index in [1.807, 2.05) is 0 Å². The molecule has 3 aromatic heterocycles. The molecule has 1 amide bonds. The number of amides is 1. The number of aromatic nitrogens is 4.